The first-order valence-electron chi connectivity index (χ1n) is 5.99. The van der Waals surface area contributed by atoms with Crippen molar-refractivity contribution >= 4 is 17.7 Å². The Balaban J connectivity index is 1.78. The minimum atomic E-state index is -0.408. The number of carbonyl (C=O) groups excluding carboxylic acids is 3. The number of benzene rings is 1. The van der Waals surface area contributed by atoms with Gasteiger partial charge in [-0.25, -0.2) is 0 Å². The molecule has 19 heavy (non-hydrogen) atoms. The Bertz CT molecular complexity index is 529. The second-order valence-corrected chi connectivity index (χ2v) is 4.44. The Kier molecular flexibility index (Phi) is 2.79. The molecule has 98 valence electrons. The smallest absolute Gasteiger partial charge is 0.262 e. The standard InChI is InChI=1S/C13H12N2O4/c16-11(14-5-6-19-8-14)7-15-12(17)9-3-1-2-4-10(9)13(15)18/h1-4H,5-8H2. The molecule has 3 amide bonds. The van der Waals surface area contributed by atoms with E-state index in [1.165, 1.54) is 4.90 Å². The normalized spacial score (nSPS) is 18.1. The average molecular weight is 260 g/mol. The molecule has 0 N–H and O–H groups in total. The molecule has 0 bridgehead atoms. The van der Waals surface area contributed by atoms with Crippen LogP contribution in [0.25, 0.3) is 0 Å². The summed E-state index contributed by atoms with van der Waals surface area (Å²) in [5.74, 6) is -1.09. The summed E-state index contributed by atoms with van der Waals surface area (Å²) in [6.07, 6.45) is 0. The van der Waals surface area contributed by atoms with Crippen molar-refractivity contribution in [2.45, 2.75) is 0 Å². The minimum Gasteiger partial charge on any atom is -0.359 e. The highest BCUT2D eigenvalue weighted by molar-refractivity contribution is 6.22. The number of imide groups is 1. The van der Waals surface area contributed by atoms with Gasteiger partial charge < -0.3 is 9.64 Å². The van der Waals surface area contributed by atoms with E-state index in [0.717, 1.165) is 4.90 Å². The van der Waals surface area contributed by atoms with Crippen LogP contribution < -0.4 is 0 Å². The SMILES string of the molecule is O=C(CN1C(=O)c2ccccc2C1=O)N1CCOC1. The van der Waals surface area contributed by atoms with Gasteiger partial charge >= 0.3 is 0 Å². The van der Waals surface area contributed by atoms with Crippen LogP contribution in [-0.4, -0.2) is 53.9 Å². The maximum atomic E-state index is 12.1. The highest BCUT2D eigenvalue weighted by Crippen LogP contribution is 2.22. The highest BCUT2D eigenvalue weighted by Gasteiger charge is 2.37. The summed E-state index contributed by atoms with van der Waals surface area (Å²) >= 11 is 0. The van der Waals surface area contributed by atoms with Crippen LogP contribution in [0.5, 0.6) is 0 Å². The molecule has 0 aromatic heterocycles. The molecule has 0 atom stereocenters. The van der Waals surface area contributed by atoms with Crippen LogP contribution in [-0.2, 0) is 9.53 Å². The van der Waals surface area contributed by atoms with Gasteiger partial charge in [-0.2, -0.15) is 0 Å². The first-order chi connectivity index (χ1) is 9.18. The van der Waals surface area contributed by atoms with Crippen LogP contribution in [0.3, 0.4) is 0 Å². The molecular weight excluding hydrogens is 248 g/mol. The summed E-state index contributed by atoms with van der Waals surface area (Å²) < 4.78 is 5.07. The molecule has 2 aliphatic rings. The van der Waals surface area contributed by atoms with Gasteiger partial charge in [-0.3, -0.25) is 19.3 Å². The molecule has 0 aliphatic carbocycles. The molecule has 1 aromatic carbocycles. The zero-order valence-corrected chi connectivity index (χ0v) is 10.2. The number of fused-ring (bicyclic) bond motifs is 1. The van der Waals surface area contributed by atoms with Crippen LogP contribution in [0.15, 0.2) is 24.3 Å². The van der Waals surface area contributed by atoms with Crippen LogP contribution >= 0.6 is 0 Å². The van der Waals surface area contributed by atoms with Gasteiger partial charge in [0.05, 0.1) is 17.7 Å². The summed E-state index contributed by atoms with van der Waals surface area (Å²) in [6.45, 7) is 0.994. The second-order valence-electron chi connectivity index (χ2n) is 4.44. The van der Waals surface area contributed by atoms with Crippen LogP contribution in [0.2, 0.25) is 0 Å². The zero-order valence-electron chi connectivity index (χ0n) is 10.2. The molecular formula is C13H12N2O4. The monoisotopic (exact) mass is 260 g/mol. The molecule has 2 heterocycles. The van der Waals surface area contributed by atoms with Crippen molar-refractivity contribution < 1.29 is 19.1 Å². The molecule has 1 saturated heterocycles. The number of amides is 3. The van der Waals surface area contributed by atoms with E-state index in [1.54, 1.807) is 24.3 Å². The zero-order chi connectivity index (χ0) is 13.4. The second kappa shape index (κ2) is 4.47. The largest absolute Gasteiger partial charge is 0.359 e. The summed E-state index contributed by atoms with van der Waals surface area (Å²) in [7, 11) is 0. The topological polar surface area (TPSA) is 66.9 Å². The fraction of sp³-hybridized carbons (Fsp3) is 0.308. The third-order valence-corrected chi connectivity index (χ3v) is 3.28. The molecule has 0 radical (unpaired) electrons. The van der Waals surface area contributed by atoms with Crippen molar-refractivity contribution in [1.29, 1.82) is 0 Å². The minimum absolute atomic E-state index is 0.224. The van der Waals surface area contributed by atoms with E-state index >= 15 is 0 Å². The van der Waals surface area contributed by atoms with Gasteiger partial charge in [0.25, 0.3) is 11.8 Å². The van der Waals surface area contributed by atoms with Crippen LogP contribution in [0.4, 0.5) is 0 Å². The summed E-state index contributed by atoms with van der Waals surface area (Å²) in [5.41, 5.74) is 0.718. The quantitative estimate of drug-likeness (QED) is 0.707. The molecule has 6 heteroatoms. The molecule has 0 saturated carbocycles. The maximum absolute atomic E-state index is 12.1. The molecule has 6 nitrogen and oxygen atoms in total. The third kappa shape index (κ3) is 1.90. The maximum Gasteiger partial charge on any atom is 0.262 e. The Labute approximate surface area is 109 Å². The van der Waals surface area contributed by atoms with E-state index in [2.05, 4.69) is 0 Å². The van der Waals surface area contributed by atoms with E-state index in [4.69, 9.17) is 4.74 Å². The van der Waals surface area contributed by atoms with Crippen molar-refractivity contribution in [2.24, 2.45) is 0 Å². The van der Waals surface area contributed by atoms with Crippen molar-refractivity contribution in [3.05, 3.63) is 35.4 Å². The van der Waals surface area contributed by atoms with E-state index in [0.29, 0.717) is 24.3 Å². The fourth-order valence-corrected chi connectivity index (χ4v) is 2.23. The predicted molar refractivity (Wildman–Crippen MR) is 64.3 cm³/mol. The van der Waals surface area contributed by atoms with Gasteiger partial charge in [-0.05, 0) is 12.1 Å². The fourth-order valence-electron chi connectivity index (χ4n) is 2.23. The summed E-state index contributed by atoms with van der Waals surface area (Å²) in [6, 6.07) is 6.59. The van der Waals surface area contributed by atoms with Crippen molar-refractivity contribution in [2.75, 3.05) is 26.4 Å². The summed E-state index contributed by atoms with van der Waals surface area (Å²) in [5, 5.41) is 0. The Morgan fingerprint density at radius 3 is 2.32 bits per heavy atom. The number of carbonyl (C=O) groups is 3. The average Bonchev–Trinajstić information content (AvgIpc) is 3.03. The molecule has 0 spiro atoms. The van der Waals surface area contributed by atoms with Crippen molar-refractivity contribution in [3.63, 3.8) is 0 Å². The third-order valence-electron chi connectivity index (χ3n) is 3.28. The van der Waals surface area contributed by atoms with E-state index < -0.39 is 11.8 Å². The van der Waals surface area contributed by atoms with Gasteiger partial charge in [0.2, 0.25) is 5.91 Å². The Morgan fingerprint density at radius 1 is 1.16 bits per heavy atom. The lowest BCUT2D eigenvalue weighted by Gasteiger charge is -2.18. The van der Waals surface area contributed by atoms with Gasteiger partial charge in [0, 0.05) is 6.54 Å². The van der Waals surface area contributed by atoms with Gasteiger partial charge in [0.15, 0.2) is 0 Å². The van der Waals surface area contributed by atoms with Gasteiger partial charge in [-0.15, -0.1) is 0 Å². The lowest BCUT2D eigenvalue weighted by molar-refractivity contribution is -0.131. The first-order valence-corrected chi connectivity index (χ1v) is 5.99. The number of hydrogen-bond donors (Lipinski definition) is 0. The molecule has 1 fully saturated rings. The van der Waals surface area contributed by atoms with Crippen molar-refractivity contribution in [3.8, 4) is 0 Å². The molecule has 0 unspecified atom stereocenters. The molecule has 2 aliphatic heterocycles. The Hall–Kier alpha value is -2.21. The van der Waals surface area contributed by atoms with Gasteiger partial charge in [0.1, 0.15) is 13.3 Å². The number of rotatable bonds is 2. The molecule has 1 aromatic rings. The first kappa shape index (κ1) is 11.9. The number of ether oxygens (including phenoxy) is 1. The summed E-state index contributed by atoms with van der Waals surface area (Å²) in [4.78, 5) is 38.5. The Morgan fingerprint density at radius 2 is 1.79 bits per heavy atom. The van der Waals surface area contributed by atoms with E-state index in [1.807, 2.05) is 0 Å². The van der Waals surface area contributed by atoms with Crippen molar-refractivity contribution in [1.82, 2.24) is 9.80 Å². The van der Waals surface area contributed by atoms with Crippen LogP contribution in [0, 0.1) is 0 Å². The van der Waals surface area contributed by atoms with Gasteiger partial charge in [-0.1, -0.05) is 12.1 Å². The predicted octanol–water partition coefficient (Wildman–Crippen LogP) is 0.0989. The van der Waals surface area contributed by atoms with E-state index in [9.17, 15) is 14.4 Å². The lowest BCUT2D eigenvalue weighted by Crippen LogP contribution is -2.41. The lowest BCUT2D eigenvalue weighted by atomic mass is 10.1. The highest BCUT2D eigenvalue weighted by atomic mass is 16.5. The van der Waals surface area contributed by atoms with E-state index in [-0.39, 0.29) is 19.2 Å². The van der Waals surface area contributed by atoms with Crippen LogP contribution in [0.1, 0.15) is 20.7 Å². The number of hydrogen-bond acceptors (Lipinski definition) is 4. The molecule has 3 rings (SSSR count). The number of nitrogens with zero attached hydrogens (tertiary/aromatic N) is 2.